The first-order valence-corrected chi connectivity index (χ1v) is 7.07. The van der Waals surface area contributed by atoms with Crippen LogP contribution >= 0.6 is 0 Å². The van der Waals surface area contributed by atoms with Crippen LogP contribution in [0.3, 0.4) is 0 Å². The van der Waals surface area contributed by atoms with Crippen molar-refractivity contribution in [3.63, 3.8) is 0 Å². The first-order valence-electron chi connectivity index (χ1n) is 5.49. The highest BCUT2D eigenvalue weighted by Crippen LogP contribution is 2.06. The summed E-state index contributed by atoms with van der Waals surface area (Å²) in [6, 6.07) is 1.39. The molecule has 0 aliphatic rings. The third-order valence-electron chi connectivity index (χ3n) is 2.10. The number of hydrogen-bond donors (Lipinski definition) is 0. The molecule has 1 nitrogen and oxygen atoms in total. The monoisotopic (exact) mass is 188 g/mol. The number of hydrogen-bond acceptors (Lipinski definition) is 1. The van der Waals surface area contributed by atoms with E-state index >= 15 is 0 Å². The van der Waals surface area contributed by atoms with E-state index in [1.807, 2.05) is 0 Å². The SMILES string of the molecule is CCCCCCCC[SiH2]OCC. The van der Waals surface area contributed by atoms with Crippen LogP contribution in [0, 0.1) is 0 Å². The fourth-order valence-corrected chi connectivity index (χ4v) is 2.36. The summed E-state index contributed by atoms with van der Waals surface area (Å²) in [6.07, 6.45) is 8.49. The zero-order valence-electron chi connectivity index (χ0n) is 8.77. The van der Waals surface area contributed by atoms with Crippen LogP contribution in [0.5, 0.6) is 0 Å². The molecular weight excluding hydrogens is 164 g/mol. The Hall–Kier alpha value is 0.177. The predicted molar refractivity (Wildman–Crippen MR) is 58.4 cm³/mol. The lowest BCUT2D eigenvalue weighted by atomic mass is 10.1. The second kappa shape index (κ2) is 11.2. The summed E-state index contributed by atoms with van der Waals surface area (Å²) in [4.78, 5) is 0. The van der Waals surface area contributed by atoms with Gasteiger partial charge in [-0.25, -0.2) is 0 Å². The van der Waals surface area contributed by atoms with E-state index in [0.29, 0.717) is 0 Å². The molecule has 2 heteroatoms. The Labute approximate surface area is 79.8 Å². The summed E-state index contributed by atoms with van der Waals surface area (Å²) in [6.45, 7) is 5.29. The molecule has 0 heterocycles. The van der Waals surface area contributed by atoms with Crippen molar-refractivity contribution in [2.75, 3.05) is 6.61 Å². The van der Waals surface area contributed by atoms with Crippen molar-refractivity contribution in [2.45, 2.75) is 58.4 Å². The molecule has 0 fully saturated rings. The standard InChI is InChI=1S/C10H24OSi/c1-3-5-6-7-8-9-10-12-11-4-2/h3-10,12H2,1-2H3. The number of rotatable bonds is 9. The lowest BCUT2D eigenvalue weighted by Crippen LogP contribution is -1.96. The van der Waals surface area contributed by atoms with E-state index in [-0.39, 0.29) is 9.76 Å². The molecule has 0 aromatic carbocycles. The van der Waals surface area contributed by atoms with Gasteiger partial charge in [0.2, 0.25) is 0 Å². The zero-order chi connectivity index (χ0) is 9.07. The van der Waals surface area contributed by atoms with Gasteiger partial charge < -0.3 is 4.43 Å². The molecule has 74 valence electrons. The van der Waals surface area contributed by atoms with Crippen LogP contribution in [-0.2, 0) is 4.43 Å². The summed E-state index contributed by atoms with van der Waals surface area (Å²) >= 11 is 0. The van der Waals surface area contributed by atoms with Gasteiger partial charge in [-0.05, 0) is 13.0 Å². The van der Waals surface area contributed by atoms with E-state index in [9.17, 15) is 0 Å². The van der Waals surface area contributed by atoms with Crippen LogP contribution in [0.2, 0.25) is 6.04 Å². The lowest BCUT2D eigenvalue weighted by molar-refractivity contribution is 0.358. The molecule has 0 radical (unpaired) electrons. The topological polar surface area (TPSA) is 9.23 Å². The Morgan fingerprint density at radius 3 is 2.25 bits per heavy atom. The van der Waals surface area contributed by atoms with Gasteiger partial charge in [-0.15, -0.1) is 0 Å². The highest BCUT2D eigenvalue weighted by atomic mass is 28.2. The summed E-state index contributed by atoms with van der Waals surface area (Å²) in [5.41, 5.74) is 0. The molecule has 0 aliphatic carbocycles. The minimum atomic E-state index is -0.128. The molecule has 0 amide bonds. The van der Waals surface area contributed by atoms with E-state index in [2.05, 4.69) is 13.8 Å². The fraction of sp³-hybridized carbons (Fsp3) is 1.00. The van der Waals surface area contributed by atoms with Gasteiger partial charge in [-0.1, -0.05) is 45.4 Å². The molecule has 0 saturated carbocycles. The minimum Gasteiger partial charge on any atom is -0.424 e. The van der Waals surface area contributed by atoms with Crippen LogP contribution in [0.4, 0.5) is 0 Å². The second-order valence-electron chi connectivity index (χ2n) is 3.32. The lowest BCUT2D eigenvalue weighted by Gasteiger charge is -2.00. The van der Waals surface area contributed by atoms with Gasteiger partial charge in [0.25, 0.3) is 0 Å². The first kappa shape index (κ1) is 12.2. The van der Waals surface area contributed by atoms with Gasteiger partial charge in [0.1, 0.15) is 0 Å². The largest absolute Gasteiger partial charge is 0.424 e. The maximum Gasteiger partial charge on any atom is 0.161 e. The smallest absolute Gasteiger partial charge is 0.161 e. The van der Waals surface area contributed by atoms with Crippen molar-refractivity contribution in [2.24, 2.45) is 0 Å². The highest BCUT2D eigenvalue weighted by Gasteiger charge is 1.90. The Kier molecular flexibility index (Phi) is 11.3. The van der Waals surface area contributed by atoms with Crippen molar-refractivity contribution in [3.05, 3.63) is 0 Å². The molecule has 0 rings (SSSR count). The van der Waals surface area contributed by atoms with Gasteiger partial charge in [0.05, 0.1) is 0 Å². The Bertz CT molecular complexity index is 66.2. The van der Waals surface area contributed by atoms with E-state index in [0.717, 1.165) is 6.61 Å². The van der Waals surface area contributed by atoms with Crippen molar-refractivity contribution < 1.29 is 4.43 Å². The summed E-state index contributed by atoms with van der Waals surface area (Å²) in [5, 5.41) is 0. The molecule has 0 spiro atoms. The van der Waals surface area contributed by atoms with Gasteiger partial charge in [0.15, 0.2) is 9.76 Å². The fourth-order valence-electron chi connectivity index (χ4n) is 1.31. The molecule has 0 unspecified atom stereocenters. The maximum atomic E-state index is 5.40. The molecule has 0 bridgehead atoms. The first-order chi connectivity index (χ1) is 5.91. The average molecular weight is 188 g/mol. The van der Waals surface area contributed by atoms with Crippen molar-refractivity contribution in [1.82, 2.24) is 0 Å². The molecule has 0 N–H and O–H groups in total. The summed E-state index contributed by atoms with van der Waals surface area (Å²) < 4.78 is 5.40. The zero-order valence-corrected chi connectivity index (χ0v) is 10.2. The van der Waals surface area contributed by atoms with E-state index in [4.69, 9.17) is 4.43 Å². The normalized spacial score (nSPS) is 11.5. The maximum absolute atomic E-state index is 5.40. The van der Waals surface area contributed by atoms with Gasteiger partial charge in [-0.3, -0.25) is 0 Å². The van der Waals surface area contributed by atoms with Crippen molar-refractivity contribution >= 4 is 9.76 Å². The van der Waals surface area contributed by atoms with Crippen LogP contribution in [-0.4, -0.2) is 16.4 Å². The van der Waals surface area contributed by atoms with Crippen LogP contribution in [0.15, 0.2) is 0 Å². The Morgan fingerprint density at radius 2 is 1.58 bits per heavy atom. The van der Waals surface area contributed by atoms with E-state index < -0.39 is 0 Å². The molecule has 0 aliphatic heterocycles. The van der Waals surface area contributed by atoms with Crippen molar-refractivity contribution in [3.8, 4) is 0 Å². The Balaban J connectivity index is 2.73. The van der Waals surface area contributed by atoms with E-state index in [1.54, 1.807) is 0 Å². The third kappa shape index (κ3) is 10.2. The average Bonchev–Trinajstić information content (AvgIpc) is 2.10. The van der Waals surface area contributed by atoms with Gasteiger partial charge >= 0.3 is 0 Å². The molecule has 12 heavy (non-hydrogen) atoms. The third-order valence-corrected chi connectivity index (χ3v) is 3.58. The predicted octanol–water partition coefficient (Wildman–Crippen LogP) is 2.89. The Morgan fingerprint density at radius 1 is 0.917 bits per heavy atom. The molecule has 0 aromatic rings. The van der Waals surface area contributed by atoms with Crippen LogP contribution in [0.25, 0.3) is 0 Å². The minimum absolute atomic E-state index is 0.128. The number of unbranched alkanes of at least 4 members (excludes halogenated alkanes) is 5. The highest BCUT2D eigenvalue weighted by molar-refractivity contribution is 6.26. The summed E-state index contributed by atoms with van der Waals surface area (Å²) in [5.74, 6) is 0. The van der Waals surface area contributed by atoms with Gasteiger partial charge in [0, 0.05) is 6.61 Å². The van der Waals surface area contributed by atoms with E-state index in [1.165, 1.54) is 44.6 Å². The molecule has 0 atom stereocenters. The van der Waals surface area contributed by atoms with Crippen LogP contribution in [0.1, 0.15) is 52.4 Å². The van der Waals surface area contributed by atoms with Crippen LogP contribution < -0.4 is 0 Å². The molecule has 0 aromatic heterocycles. The quantitative estimate of drug-likeness (QED) is 0.399. The molecular formula is C10H24OSi. The molecule has 0 saturated heterocycles. The van der Waals surface area contributed by atoms with Gasteiger partial charge in [-0.2, -0.15) is 0 Å². The van der Waals surface area contributed by atoms with Crippen molar-refractivity contribution in [1.29, 1.82) is 0 Å². The summed E-state index contributed by atoms with van der Waals surface area (Å²) in [7, 11) is -0.128. The second-order valence-corrected chi connectivity index (χ2v) is 4.84.